The molecule has 1 aromatic rings. The number of anilines is 1. The summed E-state index contributed by atoms with van der Waals surface area (Å²) in [4.78, 5) is 32.9. The first-order valence-electron chi connectivity index (χ1n) is 5.40. The second kappa shape index (κ2) is 6.41. The van der Waals surface area contributed by atoms with Gasteiger partial charge in [-0.15, -0.1) is 0 Å². The molecule has 0 aliphatic carbocycles. The van der Waals surface area contributed by atoms with Crippen LogP contribution in [-0.4, -0.2) is 42.3 Å². The van der Waals surface area contributed by atoms with Crippen molar-refractivity contribution in [1.29, 1.82) is 0 Å². The van der Waals surface area contributed by atoms with Crippen LogP contribution in [0.1, 0.15) is 16.8 Å². The Kier molecular flexibility index (Phi) is 4.90. The molecule has 0 unspecified atom stereocenters. The molecule has 0 spiro atoms. The SMILES string of the molecule is COc1cc(NC(=O)CC(=O)O)c(C(=O)O)cc1OC. The number of carbonyl (C=O) groups is 3. The van der Waals surface area contributed by atoms with Crippen LogP contribution in [0.15, 0.2) is 12.1 Å². The Morgan fingerprint density at radius 3 is 2.10 bits per heavy atom. The van der Waals surface area contributed by atoms with Crippen LogP contribution in [0, 0.1) is 0 Å². The normalized spacial score (nSPS) is 9.70. The van der Waals surface area contributed by atoms with Crippen LogP contribution in [0.4, 0.5) is 5.69 Å². The van der Waals surface area contributed by atoms with Gasteiger partial charge in [-0.25, -0.2) is 4.79 Å². The Morgan fingerprint density at radius 1 is 1.10 bits per heavy atom. The smallest absolute Gasteiger partial charge is 0.337 e. The standard InChI is InChI=1S/C12H13NO7/c1-19-8-3-6(12(17)18)7(4-9(8)20-2)13-10(14)5-11(15)16/h3-4H,5H2,1-2H3,(H,13,14)(H,15,16)(H,17,18). The number of aliphatic carboxylic acids is 1. The molecule has 1 aromatic carbocycles. The van der Waals surface area contributed by atoms with Gasteiger partial charge in [-0.05, 0) is 0 Å². The van der Waals surface area contributed by atoms with Crippen molar-refractivity contribution in [2.24, 2.45) is 0 Å². The maximum Gasteiger partial charge on any atom is 0.337 e. The van der Waals surface area contributed by atoms with Crippen LogP contribution in [0.3, 0.4) is 0 Å². The molecule has 8 heteroatoms. The number of carbonyl (C=O) groups excluding carboxylic acids is 1. The van der Waals surface area contributed by atoms with Gasteiger partial charge in [-0.3, -0.25) is 9.59 Å². The average molecular weight is 283 g/mol. The first kappa shape index (κ1) is 15.3. The third-order valence-corrected chi connectivity index (χ3v) is 2.34. The van der Waals surface area contributed by atoms with Gasteiger partial charge in [0.25, 0.3) is 0 Å². The minimum absolute atomic E-state index is 0.0681. The van der Waals surface area contributed by atoms with Gasteiger partial charge in [0.2, 0.25) is 5.91 Å². The summed E-state index contributed by atoms with van der Waals surface area (Å²) in [5.41, 5.74) is -0.303. The Balaban J connectivity index is 3.19. The van der Waals surface area contributed by atoms with Gasteiger partial charge in [0.05, 0.1) is 25.5 Å². The van der Waals surface area contributed by atoms with Crippen LogP contribution < -0.4 is 14.8 Å². The van der Waals surface area contributed by atoms with E-state index in [1.54, 1.807) is 0 Å². The summed E-state index contributed by atoms with van der Waals surface area (Å²) in [5.74, 6) is -3.06. The van der Waals surface area contributed by atoms with Crippen molar-refractivity contribution in [2.75, 3.05) is 19.5 Å². The number of hydrogen-bond acceptors (Lipinski definition) is 5. The lowest BCUT2D eigenvalue weighted by Gasteiger charge is -2.13. The Labute approximate surface area is 113 Å². The molecule has 8 nitrogen and oxygen atoms in total. The Bertz CT molecular complexity index is 553. The average Bonchev–Trinajstić information content (AvgIpc) is 2.36. The lowest BCUT2D eigenvalue weighted by atomic mass is 10.1. The van der Waals surface area contributed by atoms with E-state index >= 15 is 0 Å². The molecule has 20 heavy (non-hydrogen) atoms. The molecule has 0 saturated heterocycles. The fourth-order valence-electron chi connectivity index (χ4n) is 1.49. The first-order valence-corrected chi connectivity index (χ1v) is 5.40. The third kappa shape index (κ3) is 3.61. The van der Waals surface area contributed by atoms with E-state index in [4.69, 9.17) is 19.7 Å². The van der Waals surface area contributed by atoms with Crippen LogP contribution in [0.25, 0.3) is 0 Å². The molecule has 3 N–H and O–H groups in total. The number of rotatable bonds is 6. The number of benzene rings is 1. The maximum absolute atomic E-state index is 11.4. The number of ether oxygens (including phenoxy) is 2. The van der Waals surface area contributed by atoms with Gasteiger partial charge >= 0.3 is 11.9 Å². The predicted molar refractivity (Wildman–Crippen MR) is 67.4 cm³/mol. The molecule has 0 atom stereocenters. The van der Waals surface area contributed by atoms with E-state index < -0.39 is 24.3 Å². The van der Waals surface area contributed by atoms with Crippen molar-refractivity contribution in [2.45, 2.75) is 6.42 Å². The van der Waals surface area contributed by atoms with Crippen molar-refractivity contribution in [3.05, 3.63) is 17.7 Å². The summed E-state index contributed by atoms with van der Waals surface area (Å²) < 4.78 is 9.95. The fourth-order valence-corrected chi connectivity index (χ4v) is 1.49. The van der Waals surface area contributed by atoms with E-state index in [-0.39, 0.29) is 22.7 Å². The zero-order valence-corrected chi connectivity index (χ0v) is 10.8. The highest BCUT2D eigenvalue weighted by Gasteiger charge is 2.18. The summed E-state index contributed by atoms with van der Waals surface area (Å²) in [6, 6.07) is 2.43. The fraction of sp³-hybridized carbons (Fsp3) is 0.250. The van der Waals surface area contributed by atoms with Crippen LogP contribution in [-0.2, 0) is 9.59 Å². The minimum Gasteiger partial charge on any atom is -0.493 e. The molecule has 0 aliphatic heterocycles. The summed E-state index contributed by atoms with van der Waals surface area (Å²) in [5, 5.41) is 19.8. The molecule has 0 bridgehead atoms. The monoisotopic (exact) mass is 283 g/mol. The molecule has 0 heterocycles. The largest absolute Gasteiger partial charge is 0.493 e. The Morgan fingerprint density at radius 2 is 1.65 bits per heavy atom. The second-order valence-corrected chi connectivity index (χ2v) is 3.68. The first-order chi connectivity index (χ1) is 9.38. The maximum atomic E-state index is 11.4. The van der Waals surface area contributed by atoms with E-state index in [1.165, 1.54) is 26.4 Å². The summed E-state index contributed by atoms with van der Waals surface area (Å²) >= 11 is 0. The van der Waals surface area contributed by atoms with Crippen molar-refractivity contribution < 1.29 is 34.1 Å². The molecule has 1 amide bonds. The second-order valence-electron chi connectivity index (χ2n) is 3.68. The quantitative estimate of drug-likeness (QED) is 0.660. The molecule has 108 valence electrons. The number of aromatic carboxylic acids is 1. The summed E-state index contributed by atoms with van der Waals surface area (Å²) in [7, 11) is 2.69. The van der Waals surface area contributed by atoms with Gasteiger partial charge in [0.1, 0.15) is 6.42 Å². The van der Waals surface area contributed by atoms with Crippen molar-refractivity contribution in [3.63, 3.8) is 0 Å². The number of hydrogen-bond donors (Lipinski definition) is 3. The van der Waals surface area contributed by atoms with Crippen molar-refractivity contribution >= 4 is 23.5 Å². The highest BCUT2D eigenvalue weighted by Crippen LogP contribution is 2.33. The topological polar surface area (TPSA) is 122 Å². The number of methoxy groups -OCH3 is 2. The van der Waals surface area contributed by atoms with Gasteiger partial charge in [0.15, 0.2) is 11.5 Å². The van der Waals surface area contributed by atoms with E-state index in [2.05, 4.69) is 5.32 Å². The molecular weight excluding hydrogens is 270 g/mol. The van der Waals surface area contributed by atoms with E-state index in [0.29, 0.717) is 0 Å². The van der Waals surface area contributed by atoms with Crippen molar-refractivity contribution in [1.82, 2.24) is 0 Å². The molecular formula is C12H13NO7. The number of nitrogens with one attached hydrogen (secondary N) is 1. The zero-order chi connectivity index (χ0) is 15.3. The number of carboxylic acid groups (broad SMARTS) is 2. The van der Waals surface area contributed by atoms with Crippen LogP contribution >= 0.6 is 0 Å². The molecule has 0 fully saturated rings. The van der Waals surface area contributed by atoms with Crippen LogP contribution in [0.5, 0.6) is 11.5 Å². The van der Waals surface area contributed by atoms with Crippen LogP contribution in [0.2, 0.25) is 0 Å². The molecule has 0 aliphatic rings. The third-order valence-electron chi connectivity index (χ3n) is 2.34. The highest BCUT2D eigenvalue weighted by atomic mass is 16.5. The lowest BCUT2D eigenvalue weighted by molar-refractivity contribution is -0.139. The number of carboxylic acids is 2. The highest BCUT2D eigenvalue weighted by molar-refractivity contribution is 6.05. The number of amides is 1. The summed E-state index contributed by atoms with van der Waals surface area (Å²) in [6.45, 7) is 0. The summed E-state index contributed by atoms with van der Waals surface area (Å²) in [6.07, 6.45) is -0.770. The Hall–Kier alpha value is -2.77. The van der Waals surface area contributed by atoms with E-state index in [1.807, 2.05) is 0 Å². The minimum atomic E-state index is -1.32. The van der Waals surface area contributed by atoms with Gasteiger partial charge in [0, 0.05) is 12.1 Å². The molecule has 0 radical (unpaired) electrons. The molecule has 0 saturated carbocycles. The van der Waals surface area contributed by atoms with Gasteiger partial charge < -0.3 is 25.0 Å². The van der Waals surface area contributed by atoms with E-state index in [0.717, 1.165) is 0 Å². The van der Waals surface area contributed by atoms with Gasteiger partial charge in [-0.2, -0.15) is 0 Å². The predicted octanol–water partition coefficient (Wildman–Crippen LogP) is 0.815. The lowest BCUT2D eigenvalue weighted by Crippen LogP contribution is -2.18. The zero-order valence-electron chi connectivity index (χ0n) is 10.8. The molecule has 0 aromatic heterocycles. The molecule has 1 rings (SSSR count). The van der Waals surface area contributed by atoms with Crippen molar-refractivity contribution in [3.8, 4) is 11.5 Å². The van der Waals surface area contributed by atoms with Gasteiger partial charge in [-0.1, -0.05) is 0 Å². The van der Waals surface area contributed by atoms with E-state index in [9.17, 15) is 14.4 Å².